The van der Waals surface area contributed by atoms with Gasteiger partial charge in [0.25, 0.3) is 0 Å². The van der Waals surface area contributed by atoms with Gasteiger partial charge in [-0.1, -0.05) is 13.8 Å². The van der Waals surface area contributed by atoms with Crippen molar-refractivity contribution in [3.63, 3.8) is 0 Å². The van der Waals surface area contributed by atoms with Crippen LogP contribution in [0.15, 0.2) is 0 Å². The van der Waals surface area contributed by atoms with Gasteiger partial charge in [0.15, 0.2) is 0 Å². The monoisotopic (exact) mass is 168 g/mol. The van der Waals surface area contributed by atoms with Crippen molar-refractivity contribution in [2.45, 2.75) is 20.4 Å². The molecule has 0 saturated heterocycles. The van der Waals surface area contributed by atoms with E-state index in [4.69, 9.17) is 0 Å². The molecule has 12 heavy (non-hydrogen) atoms. The summed E-state index contributed by atoms with van der Waals surface area (Å²) in [6.45, 7) is 8.22. The highest BCUT2D eigenvalue weighted by Gasteiger charge is 1.99. The normalized spacial score (nSPS) is 10.9. The molecule has 1 rings (SSSR count). The molecule has 0 fully saturated rings. The highest BCUT2D eigenvalue weighted by Crippen LogP contribution is 1.87. The van der Waals surface area contributed by atoms with Gasteiger partial charge in [-0.3, -0.25) is 0 Å². The highest BCUT2D eigenvalue weighted by molar-refractivity contribution is 4.52. The van der Waals surface area contributed by atoms with Gasteiger partial charge in [0, 0.05) is 6.54 Å². The van der Waals surface area contributed by atoms with Crippen LogP contribution in [0.1, 0.15) is 13.8 Å². The minimum atomic E-state index is 0.814. The zero-order valence-electron chi connectivity index (χ0n) is 7.56. The molecule has 0 aliphatic heterocycles. The van der Waals surface area contributed by atoms with Crippen molar-refractivity contribution >= 4 is 0 Å². The number of nitrogens with zero attached hydrogens (tertiary/aromatic N) is 5. The van der Waals surface area contributed by atoms with Crippen LogP contribution >= 0.6 is 0 Å². The number of hydrogen-bond donors (Lipinski definition) is 0. The molecule has 0 aliphatic rings. The van der Waals surface area contributed by atoms with Gasteiger partial charge in [0.05, 0.1) is 6.54 Å². The predicted octanol–water partition coefficient (Wildman–Crippen LogP) is -0.185. The molecule has 0 saturated carbocycles. The zero-order valence-corrected chi connectivity index (χ0v) is 7.56. The van der Waals surface area contributed by atoms with Crippen molar-refractivity contribution in [3.8, 4) is 0 Å². The lowest BCUT2D eigenvalue weighted by molar-refractivity contribution is 0.283. The second kappa shape index (κ2) is 4.82. The van der Waals surface area contributed by atoms with Crippen LogP contribution in [0.25, 0.3) is 0 Å². The third-order valence-electron chi connectivity index (χ3n) is 1.88. The van der Waals surface area contributed by atoms with Crippen LogP contribution in [-0.4, -0.2) is 44.7 Å². The highest BCUT2D eigenvalue weighted by atomic mass is 15.5. The van der Waals surface area contributed by atoms with Gasteiger partial charge in [-0.25, -0.2) is 4.68 Å². The van der Waals surface area contributed by atoms with E-state index in [2.05, 4.69) is 40.6 Å². The summed E-state index contributed by atoms with van der Waals surface area (Å²) in [6.07, 6.45) is 2.66. The van der Waals surface area contributed by atoms with Gasteiger partial charge in [0.2, 0.25) is 6.33 Å². The minimum absolute atomic E-state index is 0.814. The smallest absolute Gasteiger partial charge is 0.221 e. The zero-order chi connectivity index (χ0) is 8.81. The van der Waals surface area contributed by atoms with Gasteiger partial charge >= 0.3 is 0 Å². The summed E-state index contributed by atoms with van der Waals surface area (Å²) in [5.74, 6) is 0. The standard InChI is InChI=1S/C7H14N5/c1-3-11(4-2)5-6-12-7-8-9-10-12/h3-6H2,1-2H3. The molecule has 0 N–H and O–H groups in total. The van der Waals surface area contributed by atoms with Crippen molar-refractivity contribution in [1.29, 1.82) is 0 Å². The first-order valence-electron chi connectivity index (χ1n) is 4.23. The summed E-state index contributed by atoms with van der Waals surface area (Å²) >= 11 is 0. The van der Waals surface area contributed by atoms with Crippen molar-refractivity contribution < 1.29 is 0 Å². The molecule has 1 heterocycles. The minimum Gasteiger partial charge on any atom is -0.302 e. The van der Waals surface area contributed by atoms with E-state index in [0.29, 0.717) is 0 Å². The van der Waals surface area contributed by atoms with E-state index in [1.54, 1.807) is 4.68 Å². The third kappa shape index (κ3) is 2.58. The van der Waals surface area contributed by atoms with Crippen molar-refractivity contribution in [2.24, 2.45) is 0 Å². The molecule has 0 atom stereocenters. The number of aromatic nitrogens is 4. The van der Waals surface area contributed by atoms with E-state index in [9.17, 15) is 0 Å². The molecule has 5 nitrogen and oxygen atoms in total. The molecule has 0 bridgehead atoms. The van der Waals surface area contributed by atoms with Crippen LogP contribution in [-0.2, 0) is 6.54 Å². The molecule has 67 valence electrons. The Balaban J connectivity index is 2.25. The van der Waals surface area contributed by atoms with Crippen molar-refractivity contribution in [1.82, 2.24) is 25.1 Å². The molecule has 1 aromatic heterocycles. The fourth-order valence-corrected chi connectivity index (χ4v) is 1.03. The molecular formula is C7H14N5. The average Bonchev–Trinajstić information content (AvgIpc) is 2.59. The molecule has 0 aliphatic carbocycles. The van der Waals surface area contributed by atoms with Crippen LogP contribution in [0.3, 0.4) is 0 Å². The first kappa shape index (κ1) is 9.12. The maximum absolute atomic E-state index is 3.73. The third-order valence-corrected chi connectivity index (χ3v) is 1.88. The summed E-state index contributed by atoms with van der Waals surface area (Å²) in [5.41, 5.74) is 0. The molecular weight excluding hydrogens is 154 g/mol. The van der Waals surface area contributed by atoms with Crippen LogP contribution in [0.5, 0.6) is 0 Å². The Morgan fingerprint density at radius 1 is 1.33 bits per heavy atom. The molecule has 1 aromatic rings. The van der Waals surface area contributed by atoms with E-state index < -0.39 is 0 Å². The lowest BCUT2D eigenvalue weighted by atomic mass is 10.5. The van der Waals surface area contributed by atoms with Gasteiger partial charge < -0.3 is 4.90 Å². The van der Waals surface area contributed by atoms with E-state index in [-0.39, 0.29) is 0 Å². The van der Waals surface area contributed by atoms with E-state index in [1.807, 2.05) is 0 Å². The Bertz CT molecular complexity index is 192. The van der Waals surface area contributed by atoms with Gasteiger partial charge in [-0.15, -0.1) is 5.10 Å². The maximum Gasteiger partial charge on any atom is 0.221 e. The maximum atomic E-state index is 3.73. The lowest BCUT2D eigenvalue weighted by Crippen LogP contribution is -2.27. The second-order valence-electron chi connectivity index (χ2n) is 2.53. The summed E-state index contributed by atoms with van der Waals surface area (Å²) in [6, 6.07) is 0. The Morgan fingerprint density at radius 3 is 2.58 bits per heavy atom. The SMILES string of the molecule is CCN(CC)CCn1[c]nnn1. The Labute approximate surface area is 72.4 Å². The van der Waals surface area contributed by atoms with E-state index in [0.717, 1.165) is 26.2 Å². The first-order chi connectivity index (χ1) is 5.86. The Morgan fingerprint density at radius 2 is 2.08 bits per heavy atom. The second-order valence-corrected chi connectivity index (χ2v) is 2.53. The quantitative estimate of drug-likeness (QED) is 0.611. The average molecular weight is 168 g/mol. The van der Waals surface area contributed by atoms with Gasteiger partial charge in [0.1, 0.15) is 0 Å². The molecule has 0 unspecified atom stereocenters. The van der Waals surface area contributed by atoms with Crippen LogP contribution in [0.2, 0.25) is 0 Å². The van der Waals surface area contributed by atoms with Gasteiger partial charge in [-0.2, -0.15) is 0 Å². The molecule has 0 spiro atoms. The Hall–Kier alpha value is -0.970. The van der Waals surface area contributed by atoms with Crippen LogP contribution in [0, 0.1) is 6.33 Å². The lowest BCUT2D eigenvalue weighted by Gasteiger charge is -2.16. The number of likely N-dealkylation sites (N-methyl/N-ethyl adjacent to an activating group) is 1. The first-order valence-corrected chi connectivity index (χ1v) is 4.23. The fourth-order valence-electron chi connectivity index (χ4n) is 1.03. The van der Waals surface area contributed by atoms with Crippen LogP contribution in [0.4, 0.5) is 0 Å². The van der Waals surface area contributed by atoms with E-state index >= 15 is 0 Å². The molecule has 5 heteroatoms. The molecule has 1 radical (unpaired) electrons. The number of hydrogen-bond acceptors (Lipinski definition) is 4. The number of tetrazole rings is 1. The number of rotatable bonds is 5. The summed E-state index contributed by atoms with van der Waals surface area (Å²) in [7, 11) is 0. The topological polar surface area (TPSA) is 46.8 Å². The molecule has 0 amide bonds. The summed E-state index contributed by atoms with van der Waals surface area (Å²) in [5, 5.41) is 10.7. The predicted molar refractivity (Wildman–Crippen MR) is 44.4 cm³/mol. The fraction of sp³-hybridized carbons (Fsp3) is 0.857. The van der Waals surface area contributed by atoms with E-state index in [1.165, 1.54) is 0 Å². The molecule has 0 aromatic carbocycles. The van der Waals surface area contributed by atoms with Crippen LogP contribution < -0.4 is 0 Å². The largest absolute Gasteiger partial charge is 0.302 e. The summed E-state index contributed by atoms with van der Waals surface area (Å²) < 4.78 is 1.62. The Kier molecular flexibility index (Phi) is 3.66. The van der Waals surface area contributed by atoms with Gasteiger partial charge in [-0.05, 0) is 23.5 Å². The van der Waals surface area contributed by atoms with Crippen molar-refractivity contribution in [2.75, 3.05) is 19.6 Å². The van der Waals surface area contributed by atoms with Crippen molar-refractivity contribution in [3.05, 3.63) is 6.33 Å². The summed E-state index contributed by atoms with van der Waals surface area (Å²) in [4.78, 5) is 2.32.